The van der Waals surface area contributed by atoms with Gasteiger partial charge in [0.1, 0.15) is 12.6 Å². The summed E-state index contributed by atoms with van der Waals surface area (Å²) in [7, 11) is 0. The van der Waals surface area contributed by atoms with Crippen LogP contribution in [-0.4, -0.2) is 25.2 Å². The van der Waals surface area contributed by atoms with Crippen LogP contribution in [0.4, 0.5) is 0 Å². The quantitative estimate of drug-likeness (QED) is 0.356. The molecule has 0 aromatic rings. The van der Waals surface area contributed by atoms with Crippen molar-refractivity contribution >= 4 is 12.6 Å². The van der Waals surface area contributed by atoms with Crippen LogP contribution >= 0.6 is 0 Å². The molecular formula is C10H16O6. The minimum Gasteiger partial charge on any atom is -0.303 e. The van der Waals surface area contributed by atoms with Gasteiger partial charge < -0.3 is 9.59 Å². The van der Waals surface area contributed by atoms with Crippen molar-refractivity contribution in [2.45, 2.75) is 51.1 Å². The van der Waals surface area contributed by atoms with Crippen LogP contribution in [0.15, 0.2) is 0 Å². The van der Waals surface area contributed by atoms with Crippen molar-refractivity contribution in [2.24, 2.45) is 0 Å². The monoisotopic (exact) mass is 232 g/mol. The summed E-state index contributed by atoms with van der Waals surface area (Å²) in [6.45, 7) is 0. The van der Waals surface area contributed by atoms with Crippen molar-refractivity contribution in [1.82, 2.24) is 0 Å². The third-order valence-corrected chi connectivity index (χ3v) is 2.06. The van der Waals surface area contributed by atoms with E-state index in [0.29, 0.717) is 38.5 Å². The van der Waals surface area contributed by atoms with E-state index in [1.807, 2.05) is 0 Å². The molecule has 1 rings (SSSR count). The molecule has 0 N–H and O–H groups in total. The molecular weight excluding hydrogens is 216 g/mol. The Morgan fingerprint density at radius 1 is 0.750 bits per heavy atom. The Morgan fingerprint density at radius 2 is 1.12 bits per heavy atom. The predicted octanol–water partition coefficient (Wildman–Crippen LogP) is 1.29. The normalized spacial score (nSPS) is 25.2. The summed E-state index contributed by atoms with van der Waals surface area (Å²) in [6.07, 6.45) is 3.86. The molecule has 92 valence electrons. The van der Waals surface area contributed by atoms with E-state index < -0.39 is 12.6 Å². The molecule has 0 radical (unpaired) electrons. The van der Waals surface area contributed by atoms with Crippen LogP contribution in [0.3, 0.4) is 0 Å². The van der Waals surface area contributed by atoms with Crippen LogP contribution in [0.2, 0.25) is 0 Å². The van der Waals surface area contributed by atoms with Crippen molar-refractivity contribution < 1.29 is 29.1 Å². The lowest BCUT2D eigenvalue weighted by atomic mass is 10.2. The number of unbranched alkanes of at least 4 members (excludes halogenated alkanes) is 2. The Morgan fingerprint density at radius 3 is 1.44 bits per heavy atom. The predicted molar refractivity (Wildman–Crippen MR) is 51.7 cm³/mol. The second-order valence-corrected chi connectivity index (χ2v) is 3.44. The summed E-state index contributed by atoms with van der Waals surface area (Å²) in [5.74, 6) is 0. The highest BCUT2D eigenvalue weighted by molar-refractivity contribution is 5.49. The average Bonchev–Trinajstić information content (AvgIpc) is 2.32. The molecule has 0 saturated carbocycles. The molecule has 16 heavy (non-hydrogen) atoms. The van der Waals surface area contributed by atoms with Crippen LogP contribution in [0.1, 0.15) is 38.5 Å². The lowest BCUT2D eigenvalue weighted by molar-refractivity contribution is -0.591. The smallest absolute Gasteiger partial charge is 0.224 e. The highest BCUT2D eigenvalue weighted by Crippen LogP contribution is 2.18. The van der Waals surface area contributed by atoms with Gasteiger partial charge in [-0.2, -0.15) is 19.6 Å². The fourth-order valence-corrected chi connectivity index (χ4v) is 1.21. The third-order valence-electron chi connectivity index (χ3n) is 2.06. The van der Waals surface area contributed by atoms with Crippen LogP contribution < -0.4 is 0 Å². The number of carbonyl (C=O) groups is 2. The number of hydrogen-bond acceptors (Lipinski definition) is 6. The van der Waals surface area contributed by atoms with E-state index in [-0.39, 0.29) is 0 Å². The van der Waals surface area contributed by atoms with Crippen molar-refractivity contribution in [3.63, 3.8) is 0 Å². The van der Waals surface area contributed by atoms with E-state index in [1.54, 1.807) is 0 Å². The van der Waals surface area contributed by atoms with Crippen LogP contribution in [-0.2, 0) is 29.1 Å². The van der Waals surface area contributed by atoms with Crippen molar-refractivity contribution in [2.75, 3.05) is 0 Å². The molecule has 0 bridgehead atoms. The largest absolute Gasteiger partial charge is 0.303 e. The molecule has 0 unspecified atom stereocenters. The standard InChI is InChI=1S/C10H16O6/c11-7-3-1-5-9-13-15-10(16-14-9)6-2-4-8-12/h7-10H,1-6H2. The second kappa shape index (κ2) is 8.35. The molecule has 0 aromatic carbocycles. The van der Waals surface area contributed by atoms with Gasteiger partial charge in [-0.05, 0) is 12.8 Å². The first-order valence-electron chi connectivity index (χ1n) is 5.38. The van der Waals surface area contributed by atoms with Gasteiger partial charge in [0.15, 0.2) is 0 Å². The lowest BCUT2D eigenvalue weighted by Gasteiger charge is -2.26. The highest BCUT2D eigenvalue weighted by Gasteiger charge is 2.24. The fraction of sp³-hybridized carbons (Fsp3) is 0.800. The Bertz CT molecular complexity index is 177. The minimum atomic E-state index is -0.581. The van der Waals surface area contributed by atoms with Crippen molar-refractivity contribution in [1.29, 1.82) is 0 Å². The SMILES string of the molecule is O=CCCCC1OOC(CCCC=O)OO1. The van der Waals surface area contributed by atoms with Crippen molar-refractivity contribution in [3.8, 4) is 0 Å². The zero-order valence-corrected chi connectivity index (χ0v) is 9.00. The average molecular weight is 232 g/mol. The maximum Gasteiger partial charge on any atom is 0.224 e. The van der Waals surface area contributed by atoms with Gasteiger partial charge in [-0.3, -0.25) is 0 Å². The molecule has 1 heterocycles. The maximum absolute atomic E-state index is 10.1. The first kappa shape index (κ1) is 13.2. The molecule has 1 aliphatic rings. The maximum atomic E-state index is 10.1. The molecule has 1 aliphatic heterocycles. The molecule has 0 amide bonds. The molecule has 1 fully saturated rings. The summed E-state index contributed by atoms with van der Waals surface area (Å²) in [5, 5.41) is 0. The fourth-order valence-electron chi connectivity index (χ4n) is 1.21. The topological polar surface area (TPSA) is 71.1 Å². The van der Waals surface area contributed by atoms with E-state index >= 15 is 0 Å². The zero-order valence-electron chi connectivity index (χ0n) is 9.00. The van der Waals surface area contributed by atoms with Gasteiger partial charge in [-0.15, -0.1) is 0 Å². The molecule has 1 saturated heterocycles. The summed E-state index contributed by atoms with van der Waals surface area (Å²) < 4.78 is 0. The Labute approximate surface area is 93.7 Å². The Balaban J connectivity index is 2.04. The van der Waals surface area contributed by atoms with Gasteiger partial charge in [0.05, 0.1) is 0 Å². The molecule has 0 spiro atoms. The van der Waals surface area contributed by atoms with Gasteiger partial charge in [-0.25, -0.2) is 0 Å². The first-order chi connectivity index (χ1) is 7.86. The highest BCUT2D eigenvalue weighted by atomic mass is 17.4. The van der Waals surface area contributed by atoms with Crippen molar-refractivity contribution in [3.05, 3.63) is 0 Å². The summed E-state index contributed by atoms with van der Waals surface area (Å²) in [5.41, 5.74) is 0. The number of carbonyl (C=O) groups excluding carboxylic acids is 2. The summed E-state index contributed by atoms with van der Waals surface area (Å²) in [6, 6.07) is 0. The van der Waals surface area contributed by atoms with Gasteiger partial charge in [0, 0.05) is 25.7 Å². The number of rotatable bonds is 8. The molecule has 0 atom stereocenters. The van der Waals surface area contributed by atoms with Gasteiger partial charge in [0.2, 0.25) is 12.6 Å². The van der Waals surface area contributed by atoms with E-state index in [1.165, 1.54) is 0 Å². The second-order valence-electron chi connectivity index (χ2n) is 3.44. The van der Waals surface area contributed by atoms with Crippen LogP contribution in [0, 0.1) is 0 Å². The number of aldehydes is 2. The lowest BCUT2D eigenvalue weighted by Crippen LogP contribution is -2.32. The minimum absolute atomic E-state index is 0.464. The molecule has 6 nitrogen and oxygen atoms in total. The molecule has 0 aliphatic carbocycles. The number of hydrogen-bond donors (Lipinski definition) is 0. The molecule has 0 aromatic heterocycles. The van der Waals surface area contributed by atoms with Gasteiger partial charge in [-0.1, -0.05) is 0 Å². The Hall–Kier alpha value is -0.820. The zero-order chi connectivity index (χ0) is 11.6. The van der Waals surface area contributed by atoms with E-state index in [0.717, 1.165) is 12.6 Å². The van der Waals surface area contributed by atoms with E-state index in [2.05, 4.69) is 0 Å². The molecule has 6 heteroatoms. The van der Waals surface area contributed by atoms with Gasteiger partial charge in [0.25, 0.3) is 0 Å². The van der Waals surface area contributed by atoms with Crippen LogP contribution in [0.5, 0.6) is 0 Å². The Kier molecular flexibility index (Phi) is 6.91. The summed E-state index contributed by atoms with van der Waals surface area (Å²) >= 11 is 0. The van der Waals surface area contributed by atoms with E-state index in [9.17, 15) is 9.59 Å². The first-order valence-corrected chi connectivity index (χ1v) is 5.38. The van der Waals surface area contributed by atoms with Crippen LogP contribution in [0.25, 0.3) is 0 Å². The summed E-state index contributed by atoms with van der Waals surface area (Å²) in [4.78, 5) is 39.8. The third kappa shape index (κ3) is 5.32. The van der Waals surface area contributed by atoms with E-state index in [4.69, 9.17) is 19.6 Å². The van der Waals surface area contributed by atoms with Gasteiger partial charge >= 0.3 is 0 Å².